The number of carbonyl (C=O) groups is 2. The molecule has 458 valence electrons. The molecule has 6 heteroatoms. The van der Waals surface area contributed by atoms with E-state index in [2.05, 4.69) is 31.3 Å². The predicted octanol–water partition coefficient (Wildman–Crippen LogP) is 22.8. The van der Waals surface area contributed by atoms with Gasteiger partial charge in [-0.3, -0.25) is 9.59 Å². The first-order valence-electron chi connectivity index (χ1n) is 35.4. The van der Waals surface area contributed by atoms with Crippen molar-refractivity contribution in [2.45, 2.75) is 418 Å². The van der Waals surface area contributed by atoms with Crippen LogP contribution in [0, 0.1) is 0 Å². The summed E-state index contributed by atoms with van der Waals surface area (Å²) in [5, 5.41) is 23.4. The average molecular weight is 1090 g/mol. The van der Waals surface area contributed by atoms with Crippen molar-refractivity contribution in [1.82, 2.24) is 5.32 Å². The first kappa shape index (κ1) is 75.6. The Hall–Kier alpha value is -1.40. The molecule has 0 aliphatic heterocycles. The van der Waals surface area contributed by atoms with Crippen molar-refractivity contribution < 1.29 is 24.5 Å². The molecule has 0 aromatic carbocycles. The van der Waals surface area contributed by atoms with Gasteiger partial charge in [-0.2, -0.15) is 0 Å². The molecule has 0 bridgehead atoms. The Morgan fingerprint density at radius 2 is 0.610 bits per heavy atom. The van der Waals surface area contributed by atoms with E-state index in [1.807, 2.05) is 0 Å². The lowest BCUT2D eigenvalue weighted by Crippen LogP contribution is -2.45. The van der Waals surface area contributed by atoms with Crippen LogP contribution >= 0.6 is 0 Å². The fraction of sp³-hybridized carbons (Fsp3) is 0.944. The number of ether oxygens (including phenoxy) is 1. The summed E-state index contributed by atoms with van der Waals surface area (Å²) in [4.78, 5) is 24.6. The summed E-state index contributed by atoms with van der Waals surface area (Å²) in [5.74, 6) is -0.0199. The van der Waals surface area contributed by atoms with Crippen molar-refractivity contribution in [3.05, 3.63) is 12.2 Å². The standard InChI is InChI=1S/C71H139NO5/c1-3-5-7-9-11-13-15-17-19-21-22-29-32-35-39-43-47-51-55-59-63-69(74)68(67-73)72-70(75)64-60-56-52-48-44-40-36-33-30-27-25-23-24-26-28-31-34-38-42-46-50-54-58-62-66-77-71(76)65-61-57-53-49-45-41-37-20-18-16-14-12-10-8-6-4-2/h20,37,68-69,73-74H,3-19,21-36,38-67H2,1-2H3,(H,72,75)/b37-20-. The van der Waals surface area contributed by atoms with Gasteiger partial charge in [0.05, 0.1) is 25.4 Å². The predicted molar refractivity (Wildman–Crippen MR) is 338 cm³/mol. The van der Waals surface area contributed by atoms with Gasteiger partial charge in [-0.1, -0.05) is 353 Å². The normalized spacial score (nSPS) is 12.5. The number of esters is 1. The Balaban J connectivity index is 3.36. The minimum atomic E-state index is -0.664. The molecule has 0 aliphatic carbocycles. The van der Waals surface area contributed by atoms with Gasteiger partial charge < -0.3 is 20.3 Å². The Morgan fingerprint density at radius 3 is 0.922 bits per heavy atom. The lowest BCUT2D eigenvalue weighted by Gasteiger charge is -2.22. The van der Waals surface area contributed by atoms with Gasteiger partial charge in [0.25, 0.3) is 0 Å². The second kappa shape index (κ2) is 67.1. The van der Waals surface area contributed by atoms with E-state index in [4.69, 9.17) is 4.74 Å². The average Bonchev–Trinajstić information content (AvgIpc) is 3.43. The minimum absolute atomic E-state index is 0.00928. The third-order valence-electron chi connectivity index (χ3n) is 16.8. The van der Waals surface area contributed by atoms with Gasteiger partial charge in [0.2, 0.25) is 5.91 Å². The highest BCUT2D eigenvalue weighted by atomic mass is 16.5. The highest BCUT2D eigenvalue weighted by Gasteiger charge is 2.20. The van der Waals surface area contributed by atoms with Crippen LogP contribution < -0.4 is 5.32 Å². The van der Waals surface area contributed by atoms with E-state index >= 15 is 0 Å². The zero-order chi connectivity index (χ0) is 55.7. The van der Waals surface area contributed by atoms with Gasteiger partial charge in [0.15, 0.2) is 0 Å². The minimum Gasteiger partial charge on any atom is -0.466 e. The Morgan fingerprint density at radius 1 is 0.351 bits per heavy atom. The van der Waals surface area contributed by atoms with Crippen LogP contribution in [-0.4, -0.2) is 47.4 Å². The highest BCUT2D eigenvalue weighted by molar-refractivity contribution is 5.76. The third-order valence-corrected chi connectivity index (χ3v) is 16.8. The van der Waals surface area contributed by atoms with E-state index in [1.54, 1.807) is 0 Å². The van der Waals surface area contributed by atoms with Gasteiger partial charge in [0.1, 0.15) is 0 Å². The van der Waals surface area contributed by atoms with Crippen LogP contribution in [-0.2, 0) is 14.3 Å². The molecule has 3 N–H and O–H groups in total. The summed E-state index contributed by atoms with van der Waals surface area (Å²) >= 11 is 0. The van der Waals surface area contributed by atoms with Crippen molar-refractivity contribution >= 4 is 11.9 Å². The van der Waals surface area contributed by atoms with Crippen molar-refractivity contribution in [2.75, 3.05) is 13.2 Å². The molecule has 0 spiro atoms. The summed E-state index contributed by atoms with van der Waals surface area (Å²) in [6.45, 7) is 4.99. The number of carbonyl (C=O) groups excluding carboxylic acids is 2. The summed E-state index contributed by atoms with van der Waals surface area (Å²) in [6, 6.07) is -0.541. The van der Waals surface area contributed by atoms with Crippen LogP contribution in [0.5, 0.6) is 0 Å². The molecule has 77 heavy (non-hydrogen) atoms. The fourth-order valence-corrected chi connectivity index (χ4v) is 11.4. The smallest absolute Gasteiger partial charge is 0.305 e. The second-order valence-corrected chi connectivity index (χ2v) is 24.6. The van der Waals surface area contributed by atoms with Crippen molar-refractivity contribution in [1.29, 1.82) is 0 Å². The van der Waals surface area contributed by atoms with Crippen LogP contribution in [0.1, 0.15) is 406 Å². The number of aliphatic hydroxyl groups is 2. The summed E-state index contributed by atoms with van der Waals surface area (Å²) in [6.07, 6.45) is 82.5. The van der Waals surface area contributed by atoms with E-state index in [1.165, 1.54) is 327 Å². The second-order valence-electron chi connectivity index (χ2n) is 24.6. The molecule has 0 aromatic rings. The van der Waals surface area contributed by atoms with Gasteiger partial charge >= 0.3 is 5.97 Å². The first-order chi connectivity index (χ1) is 38.0. The van der Waals surface area contributed by atoms with Crippen molar-refractivity contribution in [3.63, 3.8) is 0 Å². The molecule has 0 radical (unpaired) electrons. The van der Waals surface area contributed by atoms with Gasteiger partial charge in [-0.25, -0.2) is 0 Å². The Bertz CT molecular complexity index is 1160. The SMILES string of the molecule is CCCCCCCCC/C=C\CCCCCCCC(=O)OCCCCCCCCCCCCCCCCCCCCCCCCCCC(=O)NC(CO)C(O)CCCCCCCCCCCCCCCCCCCCCC. The molecule has 0 heterocycles. The molecule has 2 unspecified atom stereocenters. The summed E-state index contributed by atoms with van der Waals surface area (Å²) in [5.41, 5.74) is 0. The fourth-order valence-electron chi connectivity index (χ4n) is 11.4. The number of aliphatic hydroxyl groups excluding tert-OH is 2. The quantitative estimate of drug-likeness (QED) is 0.0320. The largest absolute Gasteiger partial charge is 0.466 e. The highest BCUT2D eigenvalue weighted by Crippen LogP contribution is 2.19. The topological polar surface area (TPSA) is 95.9 Å². The molecular formula is C71H139NO5. The Labute approximate surface area is 482 Å². The zero-order valence-electron chi connectivity index (χ0n) is 52.5. The maximum atomic E-state index is 12.5. The molecule has 0 saturated carbocycles. The molecule has 1 amide bonds. The lowest BCUT2D eigenvalue weighted by atomic mass is 10.0. The van der Waals surface area contributed by atoms with Crippen LogP contribution in [0.4, 0.5) is 0 Å². The number of rotatable bonds is 67. The molecule has 0 rings (SSSR count). The number of hydrogen-bond donors (Lipinski definition) is 3. The van der Waals surface area contributed by atoms with E-state index in [-0.39, 0.29) is 18.5 Å². The first-order valence-corrected chi connectivity index (χ1v) is 35.4. The maximum absolute atomic E-state index is 12.5. The molecule has 6 nitrogen and oxygen atoms in total. The molecular weight excluding hydrogens is 947 g/mol. The van der Waals surface area contributed by atoms with Crippen LogP contribution in [0.3, 0.4) is 0 Å². The molecule has 0 fully saturated rings. The van der Waals surface area contributed by atoms with E-state index < -0.39 is 12.1 Å². The number of hydrogen-bond acceptors (Lipinski definition) is 5. The number of nitrogens with one attached hydrogen (secondary N) is 1. The van der Waals surface area contributed by atoms with Crippen molar-refractivity contribution in [3.8, 4) is 0 Å². The monoisotopic (exact) mass is 1090 g/mol. The lowest BCUT2D eigenvalue weighted by molar-refractivity contribution is -0.143. The van der Waals surface area contributed by atoms with Crippen molar-refractivity contribution in [2.24, 2.45) is 0 Å². The molecule has 0 saturated heterocycles. The van der Waals surface area contributed by atoms with Gasteiger partial charge in [-0.15, -0.1) is 0 Å². The molecule has 0 aliphatic rings. The number of unbranched alkanes of at least 4 members (excludes halogenated alkanes) is 54. The van der Waals surface area contributed by atoms with Gasteiger partial charge in [0, 0.05) is 12.8 Å². The zero-order valence-corrected chi connectivity index (χ0v) is 52.5. The van der Waals surface area contributed by atoms with E-state index in [0.717, 1.165) is 44.9 Å². The van der Waals surface area contributed by atoms with E-state index in [9.17, 15) is 19.8 Å². The number of allylic oxidation sites excluding steroid dienone is 2. The molecule has 0 aromatic heterocycles. The summed E-state index contributed by atoms with van der Waals surface area (Å²) in [7, 11) is 0. The summed E-state index contributed by atoms with van der Waals surface area (Å²) < 4.78 is 5.50. The van der Waals surface area contributed by atoms with Crippen LogP contribution in [0.2, 0.25) is 0 Å². The van der Waals surface area contributed by atoms with Crippen LogP contribution in [0.15, 0.2) is 12.2 Å². The van der Waals surface area contributed by atoms with Crippen LogP contribution in [0.25, 0.3) is 0 Å². The maximum Gasteiger partial charge on any atom is 0.305 e. The third kappa shape index (κ3) is 63.6. The van der Waals surface area contributed by atoms with E-state index in [0.29, 0.717) is 25.9 Å². The van der Waals surface area contributed by atoms with Gasteiger partial charge in [-0.05, 0) is 51.4 Å². The number of amides is 1. The Kier molecular flexibility index (Phi) is 65.9. The molecule has 2 atom stereocenters.